The third kappa shape index (κ3) is 5.78. The van der Waals surface area contributed by atoms with Crippen molar-refractivity contribution in [3.05, 3.63) is 87.6 Å². The number of anilines is 1. The zero-order valence-electron chi connectivity index (χ0n) is 17.3. The first kappa shape index (κ1) is 21.7. The molecular formula is C24H27N3O2S. The van der Waals surface area contributed by atoms with E-state index in [2.05, 4.69) is 53.2 Å². The van der Waals surface area contributed by atoms with Gasteiger partial charge in [0.05, 0.1) is 12.6 Å². The van der Waals surface area contributed by atoms with Gasteiger partial charge >= 0.3 is 0 Å². The Kier molecular flexibility index (Phi) is 7.76. The molecule has 156 valence electrons. The zero-order chi connectivity index (χ0) is 21.3. The van der Waals surface area contributed by atoms with E-state index in [0.29, 0.717) is 11.3 Å². The molecule has 3 aromatic rings. The maximum Gasteiger partial charge on any atom is 0.251 e. The SMILES string of the molecule is CCCc1ccc([C@@H](NCC(=O)Nc2ccc(C(=O)NC)cc2)c2cccs2)cc1. The lowest BCUT2D eigenvalue weighted by molar-refractivity contribution is -0.115. The Labute approximate surface area is 181 Å². The molecule has 1 heterocycles. The second-order valence-corrected chi connectivity index (χ2v) is 8.00. The lowest BCUT2D eigenvalue weighted by Crippen LogP contribution is -2.31. The summed E-state index contributed by atoms with van der Waals surface area (Å²) in [6, 6.07) is 19.5. The molecule has 1 aromatic heterocycles. The van der Waals surface area contributed by atoms with Crippen LogP contribution in [0.15, 0.2) is 66.0 Å². The highest BCUT2D eigenvalue weighted by Gasteiger charge is 2.16. The summed E-state index contributed by atoms with van der Waals surface area (Å²) in [6.45, 7) is 2.35. The lowest BCUT2D eigenvalue weighted by atomic mass is 10.0. The molecule has 3 rings (SSSR count). The predicted molar refractivity (Wildman–Crippen MR) is 123 cm³/mol. The molecular weight excluding hydrogens is 394 g/mol. The summed E-state index contributed by atoms with van der Waals surface area (Å²) in [4.78, 5) is 25.3. The van der Waals surface area contributed by atoms with Crippen LogP contribution in [-0.2, 0) is 11.2 Å². The maximum atomic E-state index is 12.5. The highest BCUT2D eigenvalue weighted by atomic mass is 32.1. The molecule has 30 heavy (non-hydrogen) atoms. The number of aryl methyl sites for hydroxylation is 1. The third-order valence-electron chi connectivity index (χ3n) is 4.80. The molecule has 0 aliphatic heterocycles. The molecule has 2 amide bonds. The average molecular weight is 422 g/mol. The van der Waals surface area contributed by atoms with Gasteiger partial charge in [0.15, 0.2) is 0 Å². The van der Waals surface area contributed by atoms with Crippen LogP contribution in [0.3, 0.4) is 0 Å². The van der Waals surface area contributed by atoms with Gasteiger partial charge in [-0.1, -0.05) is 43.7 Å². The fourth-order valence-electron chi connectivity index (χ4n) is 3.25. The Bertz CT molecular complexity index is 951. The van der Waals surface area contributed by atoms with E-state index >= 15 is 0 Å². The van der Waals surface area contributed by atoms with E-state index in [4.69, 9.17) is 0 Å². The van der Waals surface area contributed by atoms with Gasteiger partial charge in [-0.3, -0.25) is 14.9 Å². The van der Waals surface area contributed by atoms with E-state index in [9.17, 15) is 9.59 Å². The molecule has 6 heteroatoms. The molecule has 2 aromatic carbocycles. The maximum absolute atomic E-state index is 12.5. The monoisotopic (exact) mass is 421 g/mol. The second kappa shape index (κ2) is 10.7. The fourth-order valence-corrected chi connectivity index (χ4v) is 4.08. The standard InChI is InChI=1S/C24H27N3O2S/c1-3-5-17-7-9-18(10-8-17)23(21-6-4-15-30-21)26-16-22(28)27-20-13-11-19(12-14-20)24(29)25-2/h4,6-15,23,26H,3,5,16H2,1-2H3,(H,25,29)(H,27,28)/t23-/m1/s1. The summed E-state index contributed by atoms with van der Waals surface area (Å²) >= 11 is 1.67. The molecule has 3 N–H and O–H groups in total. The molecule has 1 atom stereocenters. The minimum atomic E-state index is -0.154. The minimum Gasteiger partial charge on any atom is -0.355 e. The number of thiophene rings is 1. The molecule has 0 aliphatic carbocycles. The minimum absolute atomic E-state index is 0.0398. The summed E-state index contributed by atoms with van der Waals surface area (Å²) in [5.41, 5.74) is 3.67. The van der Waals surface area contributed by atoms with Gasteiger partial charge in [-0.15, -0.1) is 11.3 Å². The Morgan fingerprint density at radius 3 is 2.33 bits per heavy atom. The van der Waals surface area contributed by atoms with Crippen LogP contribution in [0.2, 0.25) is 0 Å². The fraction of sp³-hybridized carbons (Fsp3) is 0.250. The number of hydrogen-bond donors (Lipinski definition) is 3. The first-order chi connectivity index (χ1) is 14.6. The molecule has 0 spiro atoms. The van der Waals surface area contributed by atoms with Crippen molar-refractivity contribution in [1.29, 1.82) is 0 Å². The second-order valence-electron chi connectivity index (χ2n) is 7.03. The number of rotatable bonds is 9. The molecule has 0 bridgehead atoms. The van der Waals surface area contributed by atoms with E-state index < -0.39 is 0 Å². The van der Waals surface area contributed by atoms with Crippen LogP contribution in [-0.4, -0.2) is 25.4 Å². The Morgan fingerprint density at radius 1 is 1.00 bits per heavy atom. The summed E-state index contributed by atoms with van der Waals surface area (Å²) in [7, 11) is 1.59. The van der Waals surface area contributed by atoms with Crippen LogP contribution in [0.25, 0.3) is 0 Å². The molecule has 5 nitrogen and oxygen atoms in total. The van der Waals surface area contributed by atoms with Gasteiger partial charge < -0.3 is 10.6 Å². The van der Waals surface area contributed by atoms with Crippen molar-refractivity contribution in [2.45, 2.75) is 25.8 Å². The number of benzene rings is 2. The van der Waals surface area contributed by atoms with Crippen molar-refractivity contribution in [3.63, 3.8) is 0 Å². The van der Waals surface area contributed by atoms with Crippen molar-refractivity contribution >= 4 is 28.8 Å². The van der Waals surface area contributed by atoms with Crippen molar-refractivity contribution in [3.8, 4) is 0 Å². The van der Waals surface area contributed by atoms with Crippen LogP contribution in [0.4, 0.5) is 5.69 Å². The number of hydrogen-bond acceptors (Lipinski definition) is 4. The Hall–Kier alpha value is -2.96. The van der Waals surface area contributed by atoms with Gasteiger partial charge in [-0.25, -0.2) is 0 Å². The first-order valence-corrected chi connectivity index (χ1v) is 11.0. The van der Waals surface area contributed by atoms with Gasteiger partial charge in [0.2, 0.25) is 5.91 Å². The molecule has 0 radical (unpaired) electrons. The third-order valence-corrected chi connectivity index (χ3v) is 5.74. The van der Waals surface area contributed by atoms with Crippen molar-refractivity contribution in [1.82, 2.24) is 10.6 Å². The summed E-state index contributed by atoms with van der Waals surface area (Å²) in [5.74, 6) is -0.287. The Morgan fingerprint density at radius 2 is 1.73 bits per heavy atom. The van der Waals surface area contributed by atoms with Crippen LogP contribution in [0, 0.1) is 0 Å². The van der Waals surface area contributed by atoms with Crippen LogP contribution in [0.1, 0.15) is 45.7 Å². The smallest absolute Gasteiger partial charge is 0.251 e. The lowest BCUT2D eigenvalue weighted by Gasteiger charge is -2.18. The average Bonchev–Trinajstić information content (AvgIpc) is 3.30. The van der Waals surface area contributed by atoms with E-state index in [0.717, 1.165) is 18.4 Å². The van der Waals surface area contributed by atoms with E-state index in [-0.39, 0.29) is 24.4 Å². The van der Waals surface area contributed by atoms with Crippen LogP contribution in [0.5, 0.6) is 0 Å². The van der Waals surface area contributed by atoms with Gasteiger partial charge in [-0.2, -0.15) is 0 Å². The van der Waals surface area contributed by atoms with Gasteiger partial charge in [-0.05, 0) is 53.3 Å². The number of amides is 2. The molecule has 0 saturated heterocycles. The van der Waals surface area contributed by atoms with Crippen molar-refractivity contribution in [2.24, 2.45) is 0 Å². The van der Waals surface area contributed by atoms with E-state index in [1.807, 2.05) is 11.4 Å². The first-order valence-electron chi connectivity index (χ1n) is 10.1. The molecule has 0 saturated carbocycles. The highest BCUT2D eigenvalue weighted by Crippen LogP contribution is 2.26. The summed E-state index contributed by atoms with van der Waals surface area (Å²) < 4.78 is 0. The van der Waals surface area contributed by atoms with Gasteiger partial charge in [0.1, 0.15) is 0 Å². The topological polar surface area (TPSA) is 70.2 Å². The number of nitrogens with one attached hydrogen (secondary N) is 3. The normalized spacial score (nSPS) is 11.7. The number of carbonyl (C=O) groups is 2. The zero-order valence-corrected chi connectivity index (χ0v) is 18.1. The molecule has 0 aliphatic rings. The van der Waals surface area contributed by atoms with Crippen molar-refractivity contribution < 1.29 is 9.59 Å². The van der Waals surface area contributed by atoms with Gasteiger partial charge in [0, 0.05) is 23.2 Å². The largest absolute Gasteiger partial charge is 0.355 e. The quantitative estimate of drug-likeness (QED) is 0.480. The number of carbonyl (C=O) groups excluding carboxylic acids is 2. The van der Waals surface area contributed by atoms with Crippen molar-refractivity contribution in [2.75, 3.05) is 18.9 Å². The van der Waals surface area contributed by atoms with E-state index in [1.165, 1.54) is 10.4 Å². The van der Waals surface area contributed by atoms with Crippen LogP contribution >= 0.6 is 11.3 Å². The summed E-state index contributed by atoms with van der Waals surface area (Å²) in [6.07, 6.45) is 2.19. The highest BCUT2D eigenvalue weighted by molar-refractivity contribution is 7.10. The van der Waals surface area contributed by atoms with Crippen LogP contribution < -0.4 is 16.0 Å². The Balaban J connectivity index is 1.64. The molecule has 0 unspecified atom stereocenters. The molecule has 0 fully saturated rings. The van der Waals surface area contributed by atoms with Gasteiger partial charge in [0.25, 0.3) is 5.91 Å². The van der Waals surface area contributed by atoms with E-state index in [1.54, 1.807) is 42.6 Å². The summed E-state index contributed by atoms with van der Waals surface area (Å²) in [5, 5.41) is 10.9. The predicted octanol–water partition coefficient (Wildman–Crippen LogP) is 4.38.